The number of nitrogens with zero attached hydrogens (tertiary/aromatic N) is 1. The number of aliphatic carboxylic acids is 1. The average Bonchev–Trinajstić information content (AvgIpc) is 3.19. The molecule has 0 aromatic heterocycles. The summed E-state index contributed by atoms with van der Waals surface area (Å²) in [4.78, 5) is 36.9. The molecule has 0 bridgehead atoms. The Kier molecular flexibility index (Phi) is 40.1. The Labute approximate surface area is 363 Å². The molecule has 0 saturated heterocycles. The molecule has 2 unspecified atom stereocenters. The van der Waals surface area contributed by atoms with Crippen LogP contribution < -0.4 is 5.11 Å². The molecule has 342 valence electrons. The van der Waals surface area contributed by atoms with Crippen LogP contribution in [0.1, 0.15) is 206 Å². The highest BCUT2D eigenvalue weighted by molar-refractivity contribution is 5.70. The van der Waals surface area contributed by atoms with Gasteiger partial charge in [-0.25, -0.2) is 0 Å². The first-order valence-electron chi connectivity index (χ1n) is 24.2. The molecule has 0 spiro atoms. The maximum atomic E-state index is 12.7. The summed E-state index contributed by atoms with van der Waals surface area (Å²) in [5, 5.41) is 11.6. The minimum atomic E-state index is -1.13. The van der Waals surface area contributed by atoms with Crippen LogP contribution in [0.5, 0.6) is 0 Å². The van der Waals surface area contributed by atoms with Gasteiger partial charge in [0.2, 0.25) is 0 Å². The first kappa shape index (κ1) is 56.3. The van der Waals surface area contributed by atoms with Crippen molar-refractivity contribution >= 4 is 17.9 Å². The van der Waals surface area contributed by atoms with Gasteiger partial charge in [-0.15, -0.1) is 0 Å². The number of likely N-dealkylation sites (N-methyl/N-ethyl adjacent to an activating group) is 1. The molecule has 0 aliphatic rings. The second kappa shape index (κ2) is 42.0. The smallest absolute Gasteiger partial charge is 0.306 e. The van der Waals surface area contributed by atoms with Crippen molar-refractivity contribution in [3.05, 3.63) is 48.6 Å². The third-order valence-electron chi connectivity index (χ3n) is 10.8. The van der Waals surface area contributed by atoms with Crippen LogP contribution in [0, 0.1) is 0 Å². The second-order valence-corrected chi connectivity index (χ2v) is 17.4. The molecule has 0 radical (unpaired) electrons. The van der Waals surface area contributed by atoms with E-state index in [1.807, 2.05) is 36.5 Å². The fourth-order valence-electron chi connectivity index (χ4n) is 7.08. The van der Waals surface area contributed by atoms with E-state index in [9.17, 15) is 19.5 Å². The third kappa shape index (κ3) is 40.5. The lowest BCUT2D eigenvalue weighted by Gasteiger charge is -2.34. The summed E-state index contributed by atoms with van der Waals surface area (Å²) < 4.78 is 17.2. The van der Waals surface area contributed by atoms with Gasteiger partial charge >= 0.3 is 11.9 Å². The standard InChI is InChI=1S/C51H91NO7/c1-6-8-10-12-14-16-18-20-21-22-23-24-25-26-27-28-30-31-33-35-37-39-41-49(53)58-46-47(45-57-44-43-48(51(55)56)52(3,4)5)59-50(54)42-40-38-36-34-32-29-19-17-15-13-11-9-7-2/h9,11,13,15,17,19,29,32,47-48H,6-8,10,12,14,16,18,20-28,30-31,33-46H2,1-5H3/b11-9+,15-13+,19-17+,32-29+. The van der Waals surface area contributed by atoms with Crippen LogP contribution in [0.4, 0.5) is 0 Å². The molecule has 0 heterocycles. The van der Waals surface area contributed by atoms with E-state index >= 15 is 0 Å². The topological polar surface area (TPSA) is 102 Å². The summed E-state index contributed by atoms with van der Waals surface area (Å²) in [5.41, 5.74) is 0. The van der Waals surface area contributed by atoms with Gasteiger partial charge in [-0.2, -0.15) is 0 Å². The van der Waals surface area contributed by atoms with Gasteiger partial charge in [-0.1, -0.05) is 204 Å². The first-order chi connectivity index (χ1) is 28.6. The van der Waals surface area contributed by atoms with Crippen molar-refractivity contribution in [2.24, 2.45) is 0 Å². The Hall–Kier alpha value is -2.71. The number of hydrogen-bond donors (Lipinski definition) is 0. The largest absolute Gasteiger partial charge is 0.544 e. The van der Waals surface area contributed by atoms with Crippen molar-refractivity contribution < 1.29 is 38.2 Å². The Bertz CT molecular complexity index is 1110. The van der Waals surface area contributed by atoms with Crippen molar-refractivity contribution in [2.75, 3.05) is 41.0 Å². The summed E-state index contributed by atoms with van der Waals surface area (Å²) in [6.45, 7) is 4.50. The monoisotopic (exact) mass is 830 g/mol. The van der Waals surface area contributed by atoms with Gasteiger partial charge in [0.05, 0.1) is 40.3 Å². The number of carboxylic acid groups (broad SMARTS) is 1. The van der Waals surface area contributed by atoms with Crippen molar-refractivity contribution in [1.29, 1.82) is 0 Å². The van der Waals surface area contributed by atoms with E-state index < -0.39 is 18.1 Å². The highest BCUT2D eigenvalue weighted by Gasteiger charge is 2.25. The molecule has 0 amide bonds. The summed E-state index contributed by atoms with van der Waals surface area (Å²) >= 11 is 0. The Balaban J connectivity index is 4.22. The van der Waals surface area contributed by atoms with Crippen molar-refractivity contribution in [2.45, 2.75) is 219 Å². The lowest BCUT2D eigenvalue weighted by atomic mass is 10.0. The zero-order valence-electron chi connectivity index (χ0n) is 38.9. The number of ether oxygens (including phenoxy) is 3. The molecule has 0 aromatic carbocycles. The van der Waals surface area contributed by atoms with Gasteiger partial charge in [-0.05, 0) is 32.1 Å². The van der Waals surface area contributed by atoms with Gasteiger partial charge in [0.1, 0.15) is 12.6 Å². The van der Waals surface area contributed by atoms with Gasteiger partial charge in [0, 0.05) is 19.3 Å². The Morgan fingerprint density at radius 3 is 1.41 bits per heavy atom. The van der Waals surface area contributed by atoms with Gasteiger partial charge in [-0.3, -0.25) is 9.59 Å². The van der Waals surface area contributed by atoms with Gasteiger partial charge < -0.3 is 28.6 Å². The quantitative estimate of drug-likeness (QED) is 0.0261. The van der Waals surface area contributed by atoms with Crippen molar-refractivity contribution in [1.82, 2.24) is 0 Å². The minimum Gasteiger partial charge on any atom is -0.544 e. The number of rotatable bonds is 43. The van der Waals surface area contributed by atoms with E-state index in [0.29, 0.717) is 12.8 Å². The molecular formula is C51H91NO7. The molecule has 59 heavy (non-hydrogen) atoms. The Morgan fingerprint density at radius 1 is 0.525 bits per heavy atom. The lowest BCUT2D eigenvalue weighted by molar-refractivity contribution is -0.889. The summed E-state index contributed by atoms with van der Waals surface area (Å²) in [7, 11) is 5.39. The molecule has 0 saturated carbocycles. The van der Waals surface area contributed by atoms with Gasteiger partial charge in [0.15, 0.2) is 6.10 Å². The fourth-order valence-corrected chi connectivity index (χ4v) is 7.08. The van der Waals surface area contributed by atoms with Crippen molar-refractivity contribution in [3.63, 3.8) is 0 Å². The molecule has 0 fully saturated rings. The van der Waals surface area contributed by atoms with Crippen LogP contribution in [-0.4, -0.2) is 75.5 Å². The van der Waals surface area contributed by atoms with E-state index in [1.54, 1.807) is 21.1 Å². The fraction of sp³-hybridized carbons (Fsp3) is 0.784. The molecule has 8 nitrogen and oxygen atoms in total. The molecule has 0 N–H and O–H groups in total. The predicted molar refractivity (Wildman–Crippen MR) is 245 cm³/mol. The highest BCUT2D eigenvalue weighted by atomic mass is 16.6. The molecular weight excluding hydrogens is 739 g/mol. The molecule has 2 atom stereocenters. The van der Waals surface area contributed by atoms with Crippen LogP contribution >= 0.6 is 0 Å². The highest BCUT2D eigenvalue weighted by Crippen LogP contribution is 2.16. The number of unbranched alkanes of at least 4 members (excludes halogenated alkanes) is 24. The molecule has 0 rings (SSSR count). The Morgan fingerprint density at radius 2 is 0.949 bits per heavy atom. The van der Waals surface area contributed by atoms with Crippen LogP contribution in [0.25, 0.3) is 0 Å². The maximum absolute atomic E-state index is 12.7. The number of carboxylic acids is 1. The van der Waals surface area contributed by atoms with E-state index in [0.717, 1.165) is 44.9 Å². The zero-order valence-corrected chi connectivity index (χ0v) is 38.9. The zero-order chi connectivity index (χ0) is 43.5. The van der Waals surface area contributed by atoms with E-state index in [2.05, 4.69) is 26.0 Å². The summed E-state index contributed by atoms with van der Waals surface area (Å²) in [5.74, 6) is -1.78. The normalized spacial score (nSPS) is 13.3. The second-order valence-electron chi connectivity index (χ2n) is 17.4. The molecule has 0 aliphatic heterocycles. The lowest BCUT2D eigenvalue weighted by Crippen LogP contribution is -2.55. The number of carbonyl (C=O) groups is 3. The SMILES string of the molecule is CC/C=C/C=C/C=C/C=C/CCCCCC(=O)OC(COCCC(C(=O)[O-])[N+](C)(C)C)COC(=O)CCCCCCCCCCCCCCCCCCCCCCCC. The van der Waals surface area contributed by atoms with Crippen LogP contribution in [0.3, 0.4) is 0 Å². The maximum Gasteiger partial charge on any atom is 0.306 e. The third-order valence-corrected chi connectivity index (χ3v) is 10.8. The number of allylic oxidation sites excluding steroid dienone is 8. The summed E-state index contributed by atoms with van der Waals surface area (Å²) in [6.07, 6.45) is 50.1. The number of quaternary nitrogens is 1. The number of carbonyl (C=O) groups excluding carboxylic acids is 3. The predicted octanol–water partition coefficient (Wildman–Crippen LogP) is 12.3. The van der Waals surface area contributed by atoms with E-state index in [4.69, 9.17) is 14.2 Å². The van der Waals surface area contributed by atoms with E-state index in [-0.39, 0.29) is 49.1 Å². The number of hydrogen-bond acceptors (Lipinski definition) is 7. The average molecular weight is 830 g/mol. The molecule has 0 aliphatic carbocycles. The van der Waals surface area contributed by atoms with Crippen LogP contribution in [0.15, 0.2) is 48.6 Å². The van der Waals surface area contributed by atoms with Crippen LogP contribution in [-0.2, 0) is 28.6 Å². The number of esters is 2. The van der Waals surface area contributed by atoms with Crippen LogP contribution in [0.2, 0.25) is 0 Å². The molecule has 0 aromatic rings. The van der Waals surface area contributed by atoms with E-state index in [1.165, 1.54) is 122 Å². The first-order valence-corrected chi connectivity index (χ1v) is 24.2. The van der Waals surface area contributed by atoms with Gasteiger partial charge in [0.25, 0.3) is 0 Å². The molecule has 8 heteroatoms. The summed E-state index contributed by atoms with van der Waals surface area (Å²) in [6, 6.07) is -0.733. The van der Waals surface area contributed by atoms with Crippen molar-refractivity contribution in [3.8, 4) is 0 Å². The minimum absolute atomic E-state index is 0.0255.